The molecule has 128 valence electrons. The van der Waals surface area contributed by atoms with Crippen molar-refractivity contribution >= 4 is 11.9 Å². The predicted molar refractivity (Wildman–Crippen MR) is 79.9 cm³/mol. The Kier molecular flexibility index (Phi) is 6.56. The first-order valence-electron chi connectivity index (χ1n) is 7.08. The van der Waals surface area contributed by atoms with Crippen molar-refractivity contribution in [2.75, 3.05) is 13.6 Å². The number of carbonyl (C=O) groups is 2. The molecule has 0 heterocycles. The van der Waals surface area contributed by atoms with E-state index in [1.54, 1.807) is 19.9 Å². The molecular formula is C15H20F3N3O2. The highest BCUT2D eigenvalue weighted by Crippen LogP contribution is 2.35. The minimum Gasteiger partial charge on any atom is -0.341 e. The molecule has 5 nitrogen and oxygen atoms in total. The van der Waals surface area contributed by atoms with Crippen molar-refractivity contribution in [3.8, 4) is 0 Å². The first-order chi connectivity index (χ1) is 10.7. The van der Waals surface area contributed by atoms with Crippen molar-refractivity contribution in [2.24, 2.45) is 0 Å². The Hall–Kier alpha value is -2.09. The van der Waals surface area contributed by atoms with Crippen LogP contribution in [0.15, 0.2) is 24.3 Å². The van der Waals surface area contributed by atoms with E-state index in [0.29, 0.717) is 0 Å². The first kappa shape index (κ1) is 19.0. The summed E-state index contributed by atoms with van der Waals surface area (Å²) < 4.78 is 39.1. The Balaban J connectivity index is 2.73. The van der Waals surface area contributed by atoms with Crippen LogP contribution in [-0.2, 0) is 11.0 Å². The minimum absolute atomic E-state index is 0.159. The van der Waals surface area contributed by atoms with Crippen molar-refractivity contribution in [1.82, 2.24) is 16.0 Å². The van der Waals surface area contributed by atoms with E-state index < -0.39 is 35.6 Å². The zero-order valence-corrected chi connectivity index (χ0v) is 13.1. The van der Waals surface area contributed by atoms with E-state index in [9.17, 15) is 22.8 Å². The van der Waals surface area contributed by atoms with E-state index in [0.717, 1.165) is 6.07 Å². The Morgan fingerprint density at radius 1 is 1.17 bits per heavy atom. The molecule has 0 aliphatic rings. The molecule has 0 radical (unpaired) electrons. The number of hydrogen-bond acceptors (Lipinski definition) is 3. The molecule has 3 N–H and O–H groups in total. The molecule has 1 aromatic rings. The fraction of sp³-hybridized carbons (Fsp3) is 0.467. The summed E-state index contributed by atoms with van der Waals surface area (Å²) in [5.41, 5.74) is -0.525. The Morgan fingerprint density at radius 2 is 1.78 bits per heavy atom. The van der Waals surface area contributed by atoms with Gasteiger partial charge in [0.15, 0.2) is 0 Å². The van der Waals surface area contributed by atoms with E-state index in [1.807, 2.05) is 0 Å². The van der Waals surface area contributed by atoms with Crippen molar-refractivity contribution < 1.29 is 22.8 Å². The maximum absolute atomic E-state index is 13.0. The maximum Gasteiger partial charge on any atom is 0.416 e. The van der Waals surface area contributed by atoms with Gasteiger partial charge < -0.3 is 10.6 Å². The molecule has 1 rings (SSSR count). The summed E-state index contributed by atoms with van der Waals surface area (Å²) in [6.45, 7) is 3.16. The van der Waals surface area contributed by atoms with Gasteiger partial charge in [-0.3, -0.25) is 10.1 Å². The SMILES string of the molecule is CNC(=O)NC(=O)CN[C@@H](C)[C@@H](C)c1ccccc1C(F)(F)F. The van der Waals surface area contributed by atoms with Crippen LogP contribution in [0.1, 0.15) is 30.9 Å². The summed E-state index contributed by atoms with van der Waals surface area (Å²) in [5, 5.41) is 7.13. The summed E-state index contributed by atoms with van der Waals surface area (Å²) >= 11 is 0. The molecule has 0 spiro atoms. The zero-order valence-electron chi connectivity index (χ0n) is 13.1. The van der Waals surface area contributed by atoms with Crippen LogP contribution in [0.4, 0.5) is 18.0 Å². The number of hydrogen-bond donors (Lipinski definition) is 3. The molecule has 3 amide bonds. The van der Waals surface area contributed by atoms with Gasteiger partial charge in [0.25, 0.3) is 0 Å². The van der Waals surface area contributed by atoms with Crippen LogP contribution in [-0.4, -0.2) is 31.6 Å². The number of halogens is 3. The molecule has 2 atom stereocenters. The van der Waals surface area contributed by atoms with Gasteiger partial charge in [-0.15, -0.1) is 0 Å². The molecule has 0 unspecified atom stereocenters. The number of amides is 3. The number of rotatable bonds is 5. The van der Waals surface area contributed by atoms with Gasteiger partial charge in [0.1, 0.15) is 0 Å². The van der Waals surface area contributed by atoms with Gasteiger partial charge in [-0.1, -0.05) is 25.1 Å². The Labute approximate surface area is 132 Å². The van der Waals surface area contributed by atoms with Gasteiger partial charge in [-0.2, -0.15) is 13.2 Å². The molecule has 0 aliphatic heterocycles. The number of carbonyl (C=O) groups excluding carboxylic acids is 2. The number of benzene rings is 1. The van der Waals surface area contributed by atoms with E-state index in [4.69, 9.17) is 0 Å². The smallest absolute Gasteiger partial charge is 0.341 e. The van der Waals surface area contributed by atoms with Gasteiger partial charge in [0, 0.05) is 13.1 Å². The average Bonchev–Trinajstić information content (AvgIpc) is 2.50. The number of nitrogens with one attached hydrogen (secondary N) is 3. The molecule has 0 saturated carbocycles. The minimum atomic E-state index is -4.43. The first-order valence-corrected chi connectivity index (χ1v) is 7.08. The number of imide groups is 1. The van der Waals surface area contributed by atoms with Gasteiger partial charge in [-0.25, -0.2) is 4.79 Å². The van der Waals surface area contributed by atoms with Crippen LogP contribution >= 0.6 is 0 Å². The lowest BCUT2D eigenvalue weighted by atomic mass is 9.90. The largest absolute Gasteiger partial charge is 0.416 e. The van der Waals surface area contributed by atoms with Crippen LogP contribution in [0.5, 0.6) is 0 Å². The van der Waals surface area contributed by atoms with Gasteiger partial charge in [0.2, 0.25) is 5.91 Å². The number of alkyl halides is 3. The number of urea groups is 1. The monoisotopic (exact) mass is 331 g/mol. The Bertz CT molecular complexity index is 561. The highest BCUT2D eigenvalue weighted by molar-refractivity contribution is 5.95. The summed E-state index contributed by atoms with van der Waals surface area (Å²) in [4.78, 5) is 22.5. The average molecular weight is 331 g/mol. The van der Waals surface area contributed by atoms with Crippen LogP contribution in [0.25, 0.3) is 0 Å². The third kappa shape index (κ3) is 5.55. The molecule has 0 aromatic heterocycles. The van der Waals surface area contributed by atoms with Gasteiger partial charge >= 0.3 is 12.2 Å². The summed E-state index contributed by atoms with van der Waals surface area (Å²) in [7, 11) is 1.37. The fourth-order valence-electron chi connectivity index (χ4n) is 2.09. The molecular weight excluding hydrogens is 311 g/mol. The lowest BCUT2D eigenvalue weighted by molar-refractivity contribution is -0.138. The quantitative estimate of drug-likeness (QED) is 0.775. The van der Waals surface area contributed by atoms with Crippen LogP contribution in [0.2, 0.25) is 0 Å². The highest BCUT2D eigenvalue weighted by Gasteiger charge is 2.34. The lowest BCUT2D eigenvalue weighted by Gasteiger charge is -2.24. The third-order valence-corrected chi connectivity index (χ3v) is 3.57. The second-order valence-electron chi connectivity index (χ2n) is 5.17. The van der Waals surface area contributed by atoms with Gasteiger partial charge in [-0.05, 0) is 24.5 Å². The highest BCUT2D eigenvalue weighted by atomic mass is 19.4. The molecule has 0 fully saturated rings. The van der Waals surface area contributed by atoms with Crippen LogP contribution < -0.4 is 16.0 Å². The van der Waals surface area contributed by atoms with Crippen LogP contribution in [0.3, 0.4) is 0 Å². The van der Waals surface area contributed by atoms with Gasteiger partial charge in [0.05, 0.1) is 12.1 Å². The second-order valence-corrected chi connectivity index (χ2v) is 5.17. The molecule has 0 saturated heterocycles. The normalized spacial score (nSPS) is 14.0. The summed E-state index contributed by atoms with van der Waals surface area (Å²) in [6, 6.07) is 4.32. The topological polar surface area (TPSA) is 70.2 Å². The summed E-state index contributed by atoms with van der Waals surface area (Å²) in [5.74, 6) is -1.03. The molecule has 0 bridgehead atoms. The fourth-order valence-corrected chi connectivity index (χ4v) is 2.09. The van der Waals surface area contributed by atoms with E-state index in [1.165, 1.54) is 19.2 Å². The third-order valence-electron chi connectivity index (χ3n) is 3.57. The van der Waals surface area contributed by atoms with E-state index in [-0.39, 0.29) is 12.1 Å². The predicted octanol–water partition coefficient (Wildman–Crippen LogP) is 2.24. The standard InChI is InChI=1S/C15H20F3N3O2/c1-9(10(2)20-8-13(22)21-14(23)19-3)11-6-4-5-7-12(11)15(16,17)18/h4-7,9-10,20H,8H2,1-3H3,(H2,19,21,22,23)/t9-,10+/m1/s1. The second kappa shape index (κ2) is 7.96. The molecule has 0 aliphatic carbocycles. The molecule has 23 heavy (non-hydrogen) atoms. The van der Waals surface area contributed by atoms with Crippen molar-refractivity contribution in [2.45, 2.75) is 32.0 Å². The lowest BCUT2D eigenvalue weighted by Crippen LogP contribution is -2.44. The van der Waals surface area contributed by atoms with Crippen molar-refractivity contribution in [1.29, 1.82) is 0 Å². The maximum atomic E-state index is 13.0. The summed E-state index contributed by atoms with van der Waals surface area (Å²) in [6.07, 6.45) is -4.43. The van der Waals surface area contributed by atoms with E-state index in [2.05, 4.69) is 16.0 Å². The van der Waals surface area contributed by atoms with Crippen molar-refractivity contribution in [3.05, 3.63) is 35.4 Å². The molecule has 1 aromatic carbocycles. The zero-order chi connectivity index (χ0) is 17.6. The molecule has 8 heteroatoms. The Morgan fingerprint density at radius 3 is 2.35 bits per heavy atom. The van der Waals surface area contributed by atoms with E-state index >= 15 is 0 Å². The van der Waals surface area contributed by atoms with Crippen molar-refractivity contribution in [3.63, 3.8) is 0 Å². The van der Waals surface area contributed by atoms with Crippen LogP contribution in [0, 0.1) is 0 Å².